The van der Waals surface area contributed by atoms with Gasteiger partial charge >= 0.3 is 6.09 Å². The number of rotatable bonds is 4. The van der Waals surface area contributed by atoms with Gasteiger partial charge < -0.3 is 4.74 Å². The summed E-state index contributed by atoms with van der Waals surface area (Å²) >= 11 is 12.1. The standard InChI is InChI=1S/C19H21Cl2N3O5S/c1-11-5-7-13(10-15(11)21)24-30(27,28)16-9-12(6-8-14(16)20)17(25)22-23-18(26)29-19(2,3)4/h5-10,24H,1-4H3,(H,22,25)(H,23,26). The Morgan fingerprint density at radius 3 is 2.23 bits per heavy atom. The molecule has 0 fully saturated rings. The van der Waals surface area contributed by atoms with Crippen LogP contribution in [0.4, 0.5) is 10.5 Å². The molecule has 0 saturated heterocycles. The first-order chi connectivity index (χ1) is 13.8. The predicted molar refractivity (Wildman–Crippen MR) is 115 cm³/mol. The van der Waals surface area contributed by atoms with Gasteiger partial charge in [0.25, 0.3) is 15.9 Å². The average Bonchev–Trinajstić information content (AvgIpc) is 2.61. The van der Waals surface area contributed by atoms with Crippen molar-refractivity contribution in [2.75, 3.05) is 4.72 Å². The second kappa shape index (κ2) is 9.11. The topological polar surface area (TPSA) is 114 Å². The van der Waals surface area contributed by atoms with E-state index >= 15 is 0 Å². The van der Waals surface area contributed by atoms with Crippen LogP contribution in [0.3, 0.4) is 0 Å². The van der Waals surface area contributed by atoms with Crippen LogP contribution in [0, 0.1) is 6.92 Å². The Bertz CT molecular complexity index is 1080. The van der Waals surface area contributed by atoms with Crippen LogP contribution in [0.2, 0.25) is 10.0 Å². The van der Waals surface area contributed by atoms with Gasteiger partial charge in [-0.05, 0) is 63.6 Å². The molecule has 0 saturated carbocycles. The van der Waals surface area contributed by atoms with Gasteiger partial charge in [0.2, 0.25) is 0 Å². The number of hydrogen-bond acceptors (Lipinski definition) is 5. The Morgan fingerprint density at radius 2 is 1.63 bits per heavy atom. The van der Waals surface area contributed by atoms with Crippen LogP contribution < -0.4 is 15.6 Å². The van der Waals surface area contributed by atoms with Gasteiger partial charge in [0.05, 0.1) is 10.7 Å². The fourth-order valence-electron chi connectivity index (χ4n) is 2.20. The van der Waals surface area contributed by atoms with E-state index in [1.165, 1.54) is 18.2 Å². The lowest BCUT2D eigenvalue weighted by atomic mass is 10.2. The van der Waals surface area contributed by atoms with E-state index in [4.69, 9.17) is 27.9 Å². The van der Waals surface area contributed by atoms with E-state index < -0.39 is 27.6 Å². The molecular formula is C19H21Cl2N3O5S. The fourth-order valence-corrected chi connectivity index (χ4v) is 3.96. The molecule has 0 aliphatic rings. The number of amides is 2. The summed E-state index contributed by atoms with van der Waals surface area (Å²) in [6, 6.07) is 8.34. The highest BCUT2D eigenvalue weighted by atomic mass is 35.5. The van der Waals surface area contributed by atoms with Crippen molar-refractivity contribution in [1.29, 1.82) is 0 Å². The second-order valence-electron chi connectivity index (χ2n) is 7.30. The fraction of sp³-hybridized carbons (Fsp3) is 0.263. The molecule has 3 N–H and O–H groups in total. The van der Waals surface area contributed by atoms with Gasteiger partial charge in [0.1, 0.15) is 10.5 Å². The zero-order valence-corrected chi connectivity index (χ0v) is 19.0. The number of ether oxygens (including phenoxy) is 1. The summed E-state index contributed by atoms with van der Waals surface area (Å²) in [6.07, 6.45) is -0.865. The first kappa shape index (κ1) is 23.8. The summed E-state index contributed by atoms with van der Waals surface area (Å²) < 4.78 is 32.9. The van der Waals surface area contributed by atoms with E-state index in [1.54, 1.807) is 39.8 Å². The summed E-state index contributed by atoms with van der Waals surface area (Å²) in [7, 11) is -4.12. The van der Waals surface area contributed by atoms with Crippen LogP contribution in [-0.4, -0.2) is 26.0 Å². The van der Waals surface area contributed by atoms with Gasteiger partial charge in [-0.25, -0.2) is 18.6 Å². The third-order valence-electron chi connectivity index (χ3n) is 3.58. The van der Waals surface area contributed by atoms with Crippen LogP contribution in [0.15, 0.2) is 41.3 Å². The number of halogens is 2. The number of sulfonamides is 1. The molecule has 0 bridgehead atoms. The number of hydrogen-bond donors (Lipinski definition) is 3. The maximum absolute atomic E-state index is 12.8. The van der Waals surface area contributed by atoms with Crippen LogP contribution >= 0.6 is 23.2 Å². The van der Waals surface area contributed by atoms with Crippen molar-refractivity contribution < 1.29 is 22.7 Å². The lowest BCUT2D eigenvalue weighted by Crippen LogP contribution is -2.44. The van der Waals surface area contributed by atoms with E-state index in [0.717, 1.165) is 11.6 Å². The highest BCUT2D eigenvalue weighted by Gasteiger charge is 2.22. The van der Waals surface area contributed by atoms with E-state index in [1.807, 2.05) is 0 Å². The predicted octanol–water partition coefficient (Wildman–Crippen LogP) is 4.27. The third kappa shape index (κ3) is 6.51. The summed E-state index contributed by atoms with van der Waals surface area (Å²) in [5.74, 6) is -0.757. The summed E-state index contributed by atoms with van der Waals surface area (Å²) in [6.45, 7) is 6.78. The molecule has 2 aromatic carbocycles. The van der Waals surface area contributed by atoms with Crippen molar-refractivity contribution in [2.24, 2.45) is 0 Å². The number of carbonyl (C=O) groups excluding carboxylic acids is 2. The molecule has 162 valence electrons. The first-order valence-electron chi connectivity index (χ1n) is 8.66. The van der Waals surface area contributed by atoms with Crippen molar-refractivity contribution in [3.05, 3.63) is 57.6 Å². The lowest BCUT2D eigenvalue weighted by molar-refractivity contribution is 0.0483. The molecule has 2 aromatic rings. The average molecular weight is 474 g/mol. The van der Waals surface area contributed by atoms with Gasteiger partial charge in [-0.3, -0.25) is 14.9 Å². The molecule has 2 rings (SSSR count). The molecule has 0 aliphatic carbocycles. The minimum atomic E-state index is -4.12. The van der Waals surface area contributed by atoms with Crippen molar-refractivity contribution in [1.82, 2.24) is 10.9 Å². The zero-order valence-electron chi connectivity index (χ0n) is 16.7. The first-order valence-corrected chi connectivity index (χ1v) is 10.9. The Kier molecular flexibility index (Phi) is 7.23. The quantitative estimate of drug-likeness (QED) is 0.573. The van der Waals surface area contributed by atoms with E-state index in [9.17, 15) is 18.0 Å². The van der Waals surface area contributed by atoms with Crippen molar-refractivity contribution >= 4 is 50.9 Å². The summed E-state index contributed by atoms with van der Waals surface area (Å²) in [5, 5.41) is 0.306. The number of benzene rings is 2. The van der Waals surface area contributed by atoms with Crippen LogP contribution in [-0.2, 0) is 14.8 Å². The van der Waals surface area contributed by atoms with Crippen LogP contribution in [0.25, 0.3) is 0 Å². The Balaban J connectivity index is 2.20. The molecular weight excluding hydrogens is 453 g/mol. The van der Waals surface area contributed by atoms with Gasteiger partial charge in [0, 0.05) is 10.6 Å². The van der Waals surface area contributed by atoms with Crippen molar-refractivity contribution in [3.8, 4) is 0 Å². The highest BCUT2D eigenvalue weighted by Crippen LogP contribution is 2.27. The number of nitrogens with one attached hydrogen (secondary N) is 3. The maximum Gasteiger partial charge on any atom is 0.426 e. The smallest absolute Gasteiger partial charge is 0.426 e. The molecule has 0 heterocycles. The molecule has 0 aromatic heterocycles. The Hall–Kier alpha value is -2.49. The molecule has 0 atom stereocenters. The van der Waals surface area contributed by atoms with E-state index in [2.05, 4.69) is 15.6 Å². The molecule has 11 heteroatoms. The summed E-state index contributed by atoms with van der Waals surface area (Å²) in [5.41, 5.74) is 4.46. The molecule has 2 amide bonds. The second-order valence-corrected chi connectivity index (χ2v) is 9.76. The molecule has 0 radical (unpaired) electrons. The molecule has 0 aliphatic heterocycles. The minimum absolute atomic E-state index is 0.0437. The summed E-state index contributed by atoms with van der Waals surface area (Å²) in [4.78, 5) is 23.6. The SMILES string of the molecule is Cc1ccc(NS(=O)(=O)c2cc(C(=O)NNC(=O)OC(C)(C)C)ccc2Cl)cc1Cl. The molecule has 0 spiro atoms. The zero-order chi connectivity index (χ0) is 22.7. The van der Waals surface area contributed by atoms with Gasteiger partial charge in [0.15, 0.2) is 0 Å². The highest BCUT2D eigenvalue weighted by molar-refractivity contribution is 7.92. The lowest BCUT2D eigenvalue weighted by Gasteiger charge is -2.19. The van der Waals surface area contributed by atoms with Crippen LogP contribution in [0.1, 0.15) is 36.7 Å². The Morgan fingerprint density at radius 1 is 0.967 bits per heavy atom. The molecule has 0 unspecified atom stereocenters. The number of hydrazine groups is 1. The van der Waals surface area contributed by atoms with Crippen molar-refractivity contribution in [3.63, 3.8) is 0 Å². The van der Waals surface area contributed by atoms with E-state index in [0.29, 0.717) is 5.02 Å². The largest absolute Gasteiger partial charge is 0.443 e. The third-order valence-corrected chi connectivity index (χ3v) is 5.85. The number of anilines is 1. The van der Waals surface area contributed by atoms with Gasteiger partial charge in [-0.2, -0.15) is 0 Å². The molecule has 8 nitrogen and oxygen atoms in total. The Labute approximate surface area is 184 Å². The van der Waals surface area contributed by atoms with Gasteiger partial charge in [-0.1, -0.05) is 29.3 Å². The number of carbonyl (C=O) groups is 2. The minimum Gasteiger partial charge on any atom is -0.443 e. The normalized spacial score (nSPS) is 11.5. The van der Waals surface area contributed by atoms with Gasteiger partial charge in [-0.15, -0.1) is 0 Å². The van der Waals surface area contributed by atoms with E-state index in [-0.39, 0.29) is 21.2 Å². The maximum atomic E-state index is 12.8. The van der Waals surface area contributed by atoms with Crippen LogP contribution in [0.5, 0.6) is 0 Å². The van der Waals surface area contributed by atoms with Crippen molar-refractivity contribution in [2.45, 2.75) is 38.2 Å². The monoisotopic (exact) mass is 473 g/mol. The molecule has 30 heavy (non-hydrogen) atoms. The number of aryl methyl sites for hydroxylation is 1.